The number of aromatic amines is 1. The minimum absolute atomic E-state index is 0. The molecule has 1 aromatic carbocycles. The van der Waals surface area contributed by atoms with Crippen molar-refractivity contribution >= 4 is 17.0 Å². The molecule has 1 aliphatic rings. The van der Waals surface area contributed by atoms with Crippen LogP contribution in [0.1, 0.15) is 24.5 Å². The van der Waals surface area contributed by atoms with E-state index in [9.17, 15) is 4.79 Å². The van der Waals surface area contributed by atoms with Crippen molar-refractivity contribution in [3.05, 3.63) is 46.4 Å². The van der Waals surface area contributed by atoms with Gasteiger partial charge in [0.05, 0.1) is 5.56 Å². The van der Waals surface area contributed by atoms with E-state index in [-0.39, 0.29) is 22.5 Å². The van der Waals surface area contributed by atoms with Gasteiger partial charge in [-0.15, -0.1) is 17.0 Å². The molecule has 2 heterocycles. The number of nitrogens with one attached hydrogen (secondary N) is 2. The zero-order chi connectivity index (χ0) is 12.4. The van der Waals surface area contributed by atoms with Gasteiger partial charge in [-0.05, 0) is 31.5 Å². The number of rotatable bonds is 2. The fourth-order valence-electron chi connectivity index (χ4n) is 2.57. The molecule has 5 heteroatoms. The molecule has 1 saturated heterocycles. The van der Waals surface area contributed by atoms with Crippen molar-refractivity contribution in [3.8, 4) is 11.1 Å². The zero-order valence-corrected chi connectivity index (χ0v) is 12.2. The molecule has 3 rings (SSSR count). The van der Waals surface area contributed by atoms with Crippen LogP contribution >= 0.6 is 17.0 Å². The van der Waals surface area contributed by atoms with E-state index >= 15 is 0 Å². The predicted molar refractivity (Wildman–Crippen MR) is 79.9 cm³/mol. The predicted octanol–water partition coefficient (Wildman–Crippen LogP) is 2.68. The molecule has 0 atom stereocenters. The van der Waals surface area contributed by atoms with Gasteiger partial charge in [0, 0.05) is 5.92 Å². The van der Waals surface area contributed by atoms with Crippen molar-refractivity contribution in [3.63, 3.8) is 0 Å². The van der Waals surface area contributed by atoms with Gasteiger partial charge in [-0.1, -0.05) is 30.3 Å². The second-order valence-corrected chi connectivity index (χ2v) is 4.66. The second kappa shape index (κ2) is 6.21. The second-order valence-electron chi connectivity index (χ2n) is 4.66. The molecule has 0 radical (unpaired) electrons. The summed E-state index contributed by atoms with van der Waals surface area (Å²) in [4.78, 5) is 11.9. The SMILES string of the molecule is Br.O=c1[nH]oc(C2CCNCC2)c1-c1ccccc1. The van der Waals surface area contributed by atoms with E-state index in [0.29, 0.717) is 11.5 Å². The first-order valence-corrected chi connectivity index (χ1v) is 6.34. The first-order chi connectivity index (χ1) is 8.86. The highest BCUT2D eigenvalue weighted by atomic mass is 79.9. The smallest absolute Gasteiger partial charge is 0.288 e. The van der Waals surface area contributed by atoms with Crippen LogP contribution in [-0.2, 0) is 0 Å². The summed E-state index contributed by atoms with van der Waals surface area (Å²) in [5.41, 5.74) is 1.50. The maximum Gasteiger partial charge on any atom is 0.288 e. The van der Waals surface area contributed by atoms with Crippen molar-refractivity contribution in [2.24, 2.45) is 0 Å². The van der Waals surface area contributed by atoms with Crippen LogP contribution in [0.25, 0.3) is 11.1 Å². The fourth-order valence-corrected chi connectivity index (χ4v) is 2.57. The molecule has 0 amide bonds. The third-order valence-corrected chi connectivity index (χ3v) is 3.50. The average Bonchev–Trinajstić information content (AvgIpc) is 2.83. The Morgan fingerprint density at radius 3 is 2.47 bits per heavy atom. The van der Waals surface area contributed by atoms with Crippen molar-refractivity contribution in [2.75, 3.05) is 13.1 Å². The van der Waals surface area contributed by atoms with Crippen molar-refractivity contribution in [1.82, 2.24) is 10.5 Å². The van der Waals surface area contributed by atoms with Crippen LogP contribution in [0.15, 0.2) is 39.6 Å². The lowest BCUT2D eigenvalue weighted by Gasteiger charge is -2.20. The minimum atomic E-state index is -0.130. The Labute approximate surface area is 121 Å². The number of benzene rings is 1. The Hall–Kier alpha value is -1.33. The molecule has 2 aromatic rings. The molecular weight excluding hydrogens is 308 g/mol. The van der Waals surface area contributed by atoms with Crippen LogP contribution in [0.5, 0.6) is 0 Å². The summed E-state index contributed by atoms with van der Waals surface area (Å²) in [6.07, 6.45) is 2.03. The lowest BCUT2D eigenvalue weighted by Crippen LogP contribution is -2.26. The summed E-state index contributed by atoms with van der Waals surface area (Å²) in [6, 6.07) is 9.72. The zero-order valence-electron chi connectivity index (χ0n) is 10.5. The Kier molecular flexibility index (Phi) is 4.61. The summed E-state index contributed by atoms with van der Waals surface area (Å²) in [5, 5.41) is 5.80. The molecule has 0 aliphatic carbocycles. The molecule has 1 fully saturated rings. The van der Waals surface area contributed by atoms with E-state index in [4.69, 9.17) is 4.52 Å². The lowest BCUT2D eigenvalue weighted by atomic mass is 9.91. The summed E-state index contributed by atoms with van der Waals surface area (Å²) < 4.78 is 5.42. The highest BCUT2D eigenvalue weighted by Gasteiger charge is 2.24. The number of aromatic nitrogens is 1. The molecule has 2 N–H and O–H groups in total. The van der Waals surface area contributed by atoms with Gasteiger partial charge in [0.2, 0.25) is 0 Å². The van der Waals surface area contributed by atoms with Crippen LogP contribution in [0.4, 0.5) is 0 Å². The number of H-pyrrole nitrogens is 1. The van der Waals surface area contributed by atoms with Gasteiger partial charge in [-0.3, -0.25) is 4.79 Å². The van der Waals surface area contributed by atoms with E-state index < -0.39 is 0 Å². The standard InChI is InChI=1S/C14H16N2O2.BrH/c17-14-12(10-4-2-1-3-5-10)13(18-16-14)11-6-8-15-9-7-11;/h1-5,11,15H,6-9H2,(H,16,17);1H. The molecule has 4 nitrogen and oxygen atoms in total. The third-order valence-electron chi connectivity index (χ3n) is 3.50. The number of hydrogen-bond donors (Lipinski definition) is 2. The molecule has 0 spiro atoms. The molecule has 0 saturated carbocycles. The molecular formula is C14H17BrN2O2. The van der Waals surface area contributed by atoms with E-state index in [1.165, 1.54) is 0 Å². The topological polar surface area (TPSA) is 58.0 Å². The first-order valence-electron chi connectivity index (χ1n) is 6.34. The van der Waals surface area contributed by atoms with Crippen LogP contribution in [0, 0.1) is 0 Å². The molecule has 1 aromatic heterocycles. The van der Waals surface area contributed by atoms with Crippen LogP contribution in [0.2, 0.25) is 0 Å². The third kappa shape index (κ3) is 2.82. The summed E-state index contributed by atoms with van der Waals surface area (Å²) in [7, 11) is 0. The maximum atomic E-state index is 11.9. The largest absolute Gasteiger partial charge is 0.383 e. The highest BCUT2D eigenvalue weighted by molar-refractivity contribution is 8.93. The van der Waals surface area contributed by atoms with E-state index in [1.807, 2.05) is 30.3 Å². The number of piperidine rings is 1. The summed E-state index contributed by atoms with van der Waals surface area (Å²) in [6.45, 7) is 1.96. The van der Waals surface area contributed by atoms with Gasteiger partial charge in [-0.2, -0.15) is 5.16 Å². The van der Waals surface area contributed by atoms with Gasteiger partial charge in [0.15, 0.2) is 0 Å². The monoisotopic (exact) mass is 324 g/mol. The van der Waals surface area contributed by atoms with E-state index in [0.717, 1.165) is 37.3 Å². The van der Waals surface area contributed by atoms with Crippen molar-refractivity contribution in [2.45, 2.75) is 18.8 Å². The Bertz CT molecular complexity index is 571. The molecule has 19 heavy (non-hydrogen) atoms. The minimum Gasteiger partial charge on any atom is -0.383 e. The Balaban J connectivity index is 0.00000133. The summed E-state index contributed by atoms with van der Waals surface area (Å²) >= 11 is 0. The summed E-state index contributed by atoms with van der Waals surface area (Å²) in [5.74, 6) is 1.15. The van der Waals surface area contributed by atoms with Gasteiger partial charge in [0.25, 0.3) is 5.56 Å². The highest BCUT2D eigenvalue weighted by Crippen LogP contribution is 2.31. The number of hydrogen-bond acceptors (Lipinski definition) is 3. The van der Waals surface area contributed by atoms with Gasteiger partial charge < -0.3 is 9.84 Å². The molecule has 102 valence electrons. The normalized spacial score (nSPS) is 16.0. The van der Waals surface area contributed by atoms with Crippen LogP contribution < -0.4 is 10.9 Å². The van der Waals surface area contributed by atoms with E-state index in [2.05, 4.69) is 10.5 Å². The maximum absolute atomic E-state index is 11.9. The average molecular weight is 325 g/mol. The lowest BCUT2D eigenvalue weighted by molar-refractivity contribution is 0.326. The van der Waals surface area contributed by atoms with Crippen LogP contribution in [-0.4, -0.2) is 18.2 Å². The van der Waals surface area contributed by atoms with Crippen molar-refractivity contribution < 1.29 is 4.52 Å². The molecule has 0 unspecified atom stereocenters. The quantitative estimate of drug-likeness (QED) is 0.892. The van der Waals surface area contributed by atoms with E-state index in [1.54, 1.807) is 0 Å². The Morgan fingerprint density at radius 2 is 1.79 bits per heavy atom. The molecule has 1 aliphatic heterocycles. The van der Waals surface area contributed by atoms with Gasteiger partial charge in [-0.25, -0.2) is 0 Å². The molecule has 0 bridgehead atoms. The Morgan fingerprint density at radius 1 is 1.11 bits per heavy atom. The first kappa shape index (κ1) is 14.1. The van der Waals surface area contributed by atoms with Gasteiger partial charge in [0.1, 0.15) is 5.76 Å². The van der Waals surface area contributed by atoms with Gasteiger partial charge >= 0.3 is 0 Å². The number of halogens is 1. The van der Waals surface area contributed by atoms with Crippen molar-refractivity contribution in [1.29, 1.82) is 0 Å². The van der Waals surface area contributed by atoms with Crippen LogP contribution in [0.3, 0.4) is 0 Å². The fraction of sp³-hybridized carbons (Fsp3) is 0.357.